The van der Waals surface area contributed by atoms with Gasteiger partial charge >= 0.3 is 0 Å². The van der Waals surface area contributed by atoms with E-state index in [0.29, 0.717) is 0 Å². The van der Waals surface area contributed by atoms with Crippen LogP contribution in [0.25, 0.3) is 0 Å². The minimum absolute atomic E-state index is 0.800. The summed E-state index contributed by atoms with van der Waals surface area (Å²) in [6.07, 6.45) is 17.7. The van der Waals surface area contributed by atoms with E-state index in [-0.39, 0.29) is 0 Å². The summed E-state index contributed by atoms with van der Waals surface area (Å²) in [5.74, 6) is 0.800. The molecule has 0 saturated carbocycles. The van der Waals surface area contributed by atoms with Crippen molar-refractivity contribution in [2.45, 2.75) is 113 Å². The van der Waals surface area contributed by atoms with Crippen molar-refractivity contribution < 1.29 is 0 Å². The van der Waals surface area contributed by atoms with E-state index in [1.807, 2.05) is 0 Å². The zero-order chi connectivity index (χ0) is 20.9. The maximum atomic E-state index is 2.49. The summed E-state index contributed by atoms with van der Waals surface area (Å²) in [4.78, 5) is 0. The van der Waals surface area contributed by atoms with Gasteiger partial charge in [0.1, 0.15) is 0 Å². The van der Waals surface area contributed by atoms with Gasteiger partial charge < -0.3 is 0 Å². The first-order valence-electron chi connectivity index (χ1n) is 11.7. The second-order valence-corrected chi connectivity index (χ2v) is 9.11. The Morgan fingerprint density at radius 3 is 2.14 bits per heavy atom. The molecule has 0 aliphatic rings. The number of rotatable bonds is 13. The summed E-state index contributed by atoms with van der Waals surface area (Å²) in [6.45, 7) is 16.1. The highest BCUT2D eigenvalue weighted by Crippen LogP contribution is 2.22. The molecule has 0 amide bonds. The molecular formula is C28H46. The summed E-state index contributed by atoms with van der Waals surface area (Å²) >= 11 is 0. The van der Waals surface area contributed by atoms with Gasteiger partial charge in [-0.25, -0.2) is 0 Å². The van der Waals surface area contributed by atoms with Gasteiger partial charge in [0.2, 0.25) is 0 Å². The third kappa shape index (κ3) is 9.76. The molecule has 0 aliphatic heterocycles. The predicted molar refractivity (Wildman–Crippen MR) is 128 cm³/mol. The Kier molecular flexibility index (Phi) is 12.2. The minimum atomic E-state index is 0.800. The summed E-state index contributed by atoms with van der Waals surface area (Å²) in [7, 11) is 0. The first kappa shape index (κ1) is 24.7. The summed E-state index contributed by atoms with van der Waals surface area (Å²) in [5.41, 5.74) is 9.10. The summed E-state index contributed by atoms with van der Waals surface area (Å²) in [6, 6.07) is 4.63. The lowest BCUT2D eigenvalue weighted by Crippen LogP contribution is -2.00. The number of hydrogen-bond donors (Lipinski definition) is 0. The number of aryl methyl sites for hydroxylation is 2. The van der Waals surface area contributed by atoms with Gasteiger partial charge in [0.05, 0.1) is 0 Å². The molecule has 158 valence electrons. The smallest absolute Gasteiger partial charge is 0.0274 e. The Morgan fingerprint density at radius 1 is 0.857 bits per heavy atom. The van der Waals surface area contributed by atoms with Crippen molar-refractivity contribution in [2.75, 3.05) is 0 Å². The first-order valence-corrected chi connectivity index (χ1v) is 11.7. The van der Waals surface area contributed by atoms with Crippen molar-refractivity contribution >= 4 is 0 Å². The molecule has 1 unspecified atom stereocenters. The van der Waals surface area contributed by atoms with Gasteiger partial charge in [-0.05, 0) is 114 Å². The van der Waals surface area contributed by atoms with Crippen LogP contribution in [-0.4, -0.2) is 0 Å². The van der Waals surface area contributed by atoms with Crippen LogP contribution in [0.1, 0.15) is 108 Å². The van der Waals surface area contributed by atoms with E-state index in [4.69, 9.17) is 0 Å². The average Bonchev–Trinajstić information content (AvgIpc) is 2.66. The molecular weight excluding hydrogens is 336 g/mol. The zero-order valence-corrected chi connectivity index (χ0v) is 20.0. The van der Waals surface area contributed by atoms with E-state index >= 15 is 0 Å². The second-order valence-electron chi connectivity index (χ2n) is 9.11. The molecule has 0 heteroatoms. The van der Waals surface area contributed by atoms with Gasteiger partial charge in [-0.2, -0.15) is 0 Å². The fourth-order valence-corrected chi connectivity index (χ4v) is 3.85. The highest BCUT2D eigenvalue weighted by molar-refractivity contribution is 5.38. The SMILES string of the molecule is CCCC/C=C(\C)CCC/C(C)=C/CCC(C)CCc1ccc(C)c(C)c1C. The van der Waals surface area contributed by atoms with Crippen LogP contribution in [0.2, 0.25) is 0 Å². The maximum Gasteiger partial charge on any atom is -0.0274 e. The predicted octanol–water partition coefficient (Wildman–Crippen LogP) is 9.21. The lowest BCUT2D eigenvalue weighted by atomic mass is 9.91. The normalized spacial score (nSPS) is 13.8. The Morgan fingerprint density at radius 2 is 1.50 bits per heavy atom. The van der Waals surface area contributed by atoms with Crippen molar-refractivity contribution in [3.63, 3.8) is 0 Å². The Hall–Kier alpha value is -1.30. The fraction of sp³-hybridized carbons (Fsp3) is 0.643. The Balaban J connectivity index is 2.26. The van der Waals surface area contributed by atoms with Crippen LogP contribution in [0.5, 0.6) is 0 Å². The van der Waals surface area contributed by atoms with Crippen molar-refractivity contribution in [1.82, 2.24) is 0 Å². The molecule has 1 aromatic rings. The van der Waals surface area contributed by atoms with Crippen LogP contribution in [0.15, 0.2) is 35.4 Å². The molecule has 0 bridgehead atoms. The Labute approximate surface area is 176 Å². The van der Waals surface area contributed by atoms with Crippen LogP contribution in [-0.2, 0) is 6.42 Å². The Bertz CT molecular complexity index is 630. The van der Waals surface area contributed by atoms with Crippen LogP contribution in [0, 0.1) is 26.7 Å². The largest absolute Gasteiger partial charge is 0.0856 e. The summed E-state index contributed by atoms with van der Waals surface area (Å²) in [5, 5.41) is 0. The van der Waals surface area contributed by atoms with Crippen LogP contribution < -0.4 is 0 Å². The van der Waals surface area contributed by atoms with E-state index in [2.05, 4.69) is 72.8 Å². The molecule has 0 nitrogen and oxygen atoms in total. The number of benzene rings is 1. The van der Waals surface area contributed by atoms with E-state index in [0.717, 1.165) is 5.92 Å². The average molecular weight is 383 g/mol. The zero-order valence-electron chi connectivity index (χ0n) is 20.0. The molecule has 0 aliphatic carbocycles. The standard InChI is InChI=1S/C28H46/c1-8-9-10-13-22(2)14-11-15-23(3)16-12-17-24(4)18-20-28-21-19-25(5)26(6)27(28)7/h13,16,19,21,24H,8-12,14-15,17-18,20H2,1-7H3/b22-13+,23-16+. The maximum absolute atomic E-state index is 2.49. The molecule has 0 saturated heterocycles. The first-order chi connectivity index (χ1) is 13.3. The molecule has 1 atom stereocenters. The van der Waals surface area contributed by atoms with Crippen molar-refractivity contribution in [1.29, 1.82) is 0 Å². The van der Waals surface area contributed by atoms with E-state index in [9.17, 15) is 0 Å². The number of hydrogen-bond acceptors (Lipinski definition) is 0. The topological polar surface area (TPSA) is 0 Å². The van der Waals surface area contributed by atoms with E-state index < -0.39 is 0 Å². The third-order valence-electron chi connectivity index (χ3n) is 6.42. The lowest BCUT2D eigenvalue weighted by Gasteiger charge is -2.14. The summed E-state index contributed by atoms with van der Waals surface area (Å²) < 4.78 is 0. The highest BCUT2D eigenvalue weighted by atomic mass is 14.1. The van der Waals surface area contributed by atoms with Crippen molar-refractivity contribution in [3.8, 4) is 0 Å². The molecule has 0 aromatic heterocycles. The van der Waals surface area contributed by atoms with Crippen LogP contribution in [0.4, 0.5) is 0 Å². The van der Waals surface area contributed by atoms with Gasteiger partial charge in [-0.1, -0.05) is 62.1 Å². The molecule has 0 heterocycles. The van der Waals surface area contributed by atoms with Crippen molar-refractivity contribution in [2.24, 2.45) is 5.92 Å². The van der Waals surface area contributed by atoms with Gasteiger partial charge in [-0.15, -0.1) is 0 Å². The quantitative estimate of drug-likeness (QED) is 0.235. The molecule has 0 N–H and O–H groups in total. The van der Waals surface area contributed by atoms with Gasteiger partial charge in [0.25, 0.3) is 0 Å². The van der Waals surface area contributed by atoms with Crippen LogP contribution in [0.3, 0.4) is 0 Å². The van der Waals surface area contributed by atoms with Gasteiger partial charge in [0, 0.05) is 0 Å². The monoisotopic (exact) mass is 382 g/mol. The number of allylic oxidation sites excluding steroid dienone is 4. The van der Waals surface area contributed by atoms with E-state index in [1.165, 1.54) is 80.9 Å². The molecule has 1 rings (SSSR count). The lowest BCUT2D eigenvalue weighted by molar-refractivity contribution is 0.496. The molecule has 0 spiro atoms. The molecule has 1 aromatic carbocycles. The molecule has 28 heavy (non-hydrogen) atoms. The van der Waals surface area contributed by atoms with Crippen LogP contribution >= 0.6 is 0 Å². The number of unbranched alkanes of at least 4 members (excludes halogenated alkanes) is 2. The molecule has 0 fully saturated rings. The van der Waals surface area contributed by atoms with E-state index in [1.54, 1.807) is 16.7 Å². The third-order valence-corrected chi connectivity index (χ3v) is 6.42. The minimum Gasteiger partial charge on any atom is -0.0856 e. The fourth-order valence-electron chi connectivity index (χ4n) is 3.85. The second kappa shape index (κ2) is 13.8. The van der Waals surface area contributed by atoms with Crippen molar-refractivity contribution in [3.05, 3.63) is 57.7 Å². The van der Waals surface area contributed by atoms with Gasteiger partial charge in [0.15, 0.2) is 0 Å². The van der Waals surface area contributed by atoms with Gasteiger partial charge in [-0.3, -0.25) is 0 Å². The highest BCUT2D eigenvalue weighted by Gasteiger charge is 2.07. The molecule has 0 radical (unpaired) electrons.